The lowest BCUT2D eigenvalue weighted by atomic mass is 10.2. The molecule has 7 nitrogen and oxygen atoms in total. The zero-order valence-electron chi connectivity index (χ0n) is 16.4. The Morgan fingerprint density at radius 1 is 1.36 bits per heavy atom. The van der Waals surface area contributed by atoms with Crippen LogP contribution in [0.25, 0.3) is 0 Å². The number of morpholine rings is 1. The lowest BCUT2D eigenvalue weighted by Gasteiger charge is -2.28. The Morgan fingerprint density at radius 3 is 2.89 bits per heavy atom. The Kier molecular flexibility index (Phi) is 7.71. The lowest BCUT2D eigenvalue weighted by Crippen LogP contribution is -3.14. The number of benzene rings is 1. The molecule has 1 fully saturated rings. The molecule has 0 unspecified atom stereocenters. The number of urea groups is 1. The molecular formula is C20H29ClN5O2+. The van der Waals surface area contributed by atoms with Gasteiger partial charge in [0.1, 0.15) is 18.9 Å². The van der Waals surface area contributed by atoms with Crippen molar-refractivity contribution >= 4 is 17.6 Å². The quantitative estimate of drug-likeness (QED) is 0.688. The Morgan fingerprint density at radius 2 is 2.14 bits per heavy atom. The molecule has 0 atom stereocenters. The molecule has 2 N–H and O–H groups in total. The number of hydrogen-bond donors (Lipinski definition) is 2. The van der Waals surface area contributed by atoms with E-state index in [0.29, 0.717) is 26.2 Å². The van der Waals surface area contributed by atoms with Gasteiger partial charge in [0.25, 0.3) is 0 Å². The smallest absolute Gasteiger partial charge is 0.318 e. The maximum atomic E-state index is 12.6. The van der Waals surface area contributed by atoms with Gasteiger partial charge in [0.15, 0.2) is 0 Å². The van der Waals surface area contributed by atoms with Crippen molar-refractivity contribution in [1.82, 2.24) is 19.8 Å². The van der Waals surface area contributed by atoms with Crippen LogP contribution in [0.3, 0.4) is 0 Å². The lowest BCUT2D eigenvalue weighted by molar-refractivity contribution is -0.907. The second-order valence-electron chi connectivity index (χ2n) is 6.93. The molecule has 0 bridgehead atoms. The third-order valence-corrected chi connectivity index (χ3v) is 5.35. The largest absolute Gasteiger partial charge is 0.370 e. The van der Waals surface area contributed by atoms with Gasteiger partial charge in [0.2, 0.25) is 0 Å². The van der Waals surface area contributed by atoms with E-state index >= 15 is 0 Å². The highest BCUT2D eigenvalue weighted by molar-refractivity contribution is 6.31. The van der Waals surface area contributed by atoms with Crippen LogP contribution in [0.15, 0.2) is 36.7 Å². The molecule has 1 aliphatic heterocycles. The number of nitrogens with one attached hydrogen (secondary N) is 2. The van der Waals surface area contributed by atoms with E-state index in [1.807, 2.05) is 42.3 Å². The molecule has 2 aromatic rings. The average Bonchev–Trinajstić information content (AvgIpc) is 3.14. The van der Waals surface area contributed by atoms with Crippen molar-refractivity contribution < 1.29 is 14.4 Å². The number of halogens is 1. The molecule has 2 heterocycles. The first-order valence-electron chi connectivity index (χ1n) is 9.85. The van der Waals surface area contributed by atoms with Gasteiger partial charge in [-0.3, -0.25) is 0 Å². The average molecular weight is 407 g/mol. The molecule has 0 spiro atoms. The molecule has 28 heavy (non-hydrogen) atoms. The summed E-state index contributed by atoms with van der Waals surface area (Å²) in [5, 5.41) is 3.65. The fraction of sp³-hybridized carbons (Fsp3) is 0.500. The van der Waals surface area contributed by atoms with Crippen LogP contribution in [0.4, 0.5) is 4.79 Å². The Balaban J connectivity index is 1.67. The number of hydrogen-bond acceptors (Lipinski definition) is 3. The first kappa shape index (κ1) is 20.6. The number of ether oxygens (including phenoxy) is 1. The van der Waals surface area contributed by atoms with Crippen LogP contribution < -0.4 is 10.2 Å². The van der Waals surface area contributed by atoms with Gasteiger partial charge in [-0.25, -0.2) is 9.78 Å². The van der Waals surface area contributed by atoms with E-state index in [2.05, 4.69) is 14.9 Å². The van der Waals surface area contributed by atoms with Crippen LogP contribution >= 0.6 is 11.6 Å². The molecule has 1 aromatic heterocycles. The number of rotatable bonds is 8. The third kappa shape index (κ3) is 5.70. The van der Waals surface area contributed by atoms with E-state index < -0.39 is 0 Å². The maximum absolute atomic E-state index is 12.6. The first-order chi connectivity index (χ1) is 13.7. The number of aromatic nitrogens is 2. The summed E-state index contributed by atoms with van der Waals surface area (Å²) in [6.45, 7) is 8.79. The summed E-state index contributed by atoms with van der Waals surface area (Å²) >= 11 is 6.31. The molecule has 0 radical (unpaired) electrons. The van der Waals surface area contributed by atoms with Gasteiger partial charge in [0.05, 0.1) is 39.4 Å². The standard InChI is InChI=1S/C20H28ClN5O2/c1-2-22-20(27)26(10-9-24-11-13-28-14-12-24)16-19-23-7-8-25(19)15-17-5-3-4-6-18(17)21/h3-8H,2,9-16H2,1H3,(H,22,27)/p+1. The van der Waals surface area contributed by atoms with Crippen molar-refractivity contribution in [2.75, 3.05) is 45.9 Å². The second kappa shape index (κ2) is 10.5. The molecular weight excluding hydrogens is 378 g/mol. The van der Waals surface area contributed by atoms with Crippen LogP contribution in [0, 0.1) is 0 Å². The number of nitrogens with zero attached hydrogens (tertiary/aromatic N) is 3. The topological polar surface area (TPSA) is 63.8 Å². The van der Waals surface area contributed by atoms with Crippen molar-refractivity contribution in [3.05, 3.63) is 53.1 Å². The Bertz CT molecular complexity index is 761. The van der Waals surface area contributed by atoms with Crippen LogP contribution in [0.5, 0.6) is 0 Å². The van der Waals surface area contributed by atoms with E-state index in [1.54, 1.807) is 6.20 Å². The number of amides is 2. The van der Waals surface area contributed by atoms with Crippen molar-refractivity contribution in [2.24, 2.45) is 0 Å². The SMILES string of the molecule is CCNC(=O)N(CC[NH+]1CCOCC1)Cc1nccn1Cc1ccccc1Cl. The summed E-state index contributed by atoms with van der Waals surface area (Å²) in [5.41, 5.74) is 1.03. The monoisotopic (exact) mass is 406 g/mol. The van der Waals surface area contributed by atoms with E-state index in [0.717, 1.165) is 49.3 Å². The summed E-state index contributed by atoms with van der Waals surface area (Å²) in [6, 6.07) is 7.74. The van der Waals surface area contributed by atoms with Gasteiger partial charge in [-0.05, 0) is 18.6 Å². The normalized spacial score (nSPS) is 14.8. The number of quaternary nitrogens is 1. The van der Waals surface area contributed by atoms with E-state index in [4.69, 9.17) is 16.3 Å². The Labute approximate surface area is 171 Å². The molecule has 1 aromatic carbocycles. The van der Waals surface area contributed by atoms with Gasteiger partial charge in [-0.15, -0.1) is 0 Å². The van der Waals surface area contributed by atoms with Gasteiger partial charge in [-0.1, -0.05) is 29.8 Å². The van der Waals surface area contributed by atoms with E-state index in [9.17, 15) is 4.79 Å². The molecule has 2 amide bonds. The van der Waals surface area contributed by atoms with Gasteiger partial charge in [0, 0.05) is 24.0 Å². The van der Waals surface area contributed by atoms with Crippen molar-refractivity contribution in [3.8, 4) is 0 Å². The summed E-state index contributed by atoms with van der Waals surface area (Å²) in [5.74, 6) is 0.850. The number of imidazole rings is 1. The highest BCUT2D eigenvalue weighted by Gasteiger charge is 2.20. The minimum absolute atomic E-state index is 0.0533. The van der Waals surface area contributed by atoms with Crippen LogP contribution in [-0.4, -0.2) is 66.4 Å². The summed E-state index contributed by atoms with van der Waals surface area (Å²) in [4.78, 5) is 20.4. The highest BCUT2D eigenvalue weighted by Crippen LogP contribution is 2.17. The van der Waals surface area contributed by atoms with Crippen LogP contribution in [0.2, 0.25) is 5.02 Å². The second-order valence-corrected chi connectivity index (χ2v) is 7.34. The van der Waals surface area contributed by atoms with Crippen molar-refractivity contribution in [1.29, 1.82) is 0 Å². The molecule has 1 aliphatic rings. The Hall–Kier alpha value is -2.09. The summed E-state index contributed by atoms with van der Waals surface area (Å²) in [7, 11) is 0. The predicted octanol–water partition coefficient (Wildman–Crippen LogP) is 1.03. The molecule has 0 saturated carbocycles. The van der Waals surface area contributed by atoms with Crippen LogP contribution in [0.1, 0.15) is 18.3 Å². The molecule has 3 rings (SSSR count). The highest BCUT2D eigenvalue weighted by atomic mass is 35.5. The minimum atomic E-state index is -0.0533. The van der Waals surface area contributed by atoms with Gasteiger partial charge >= 0.3 is 6.03 Å². The van der Waals surface area contributed by atoms with Crippen molar-refractivity contribution in [2.45, 2.75) is 20.0 Å². The van der Waals surface area contributed by atoms with Gasteiger partial charge in [-0.2, -0.15) is 0 Å². The molecule has 152 valence electrons. The third-order valence-electron chi connectivity index (χ3n) is 4.98. The summed E-state index contributed by atoms with van der Waals surface area (Å²) in [6.07, 6.45) is 3.71. The number of carbonyl (C=O) groups is 1. The maximum Gasteiger partial charge on any atom is 0.318 e. The first-order valence-corrected chi connectivity index (χ1v) is 10.2. The summed E-state index contributed by atoms with van der Waals surface area (Å²) < 4.78 is 7.47. The zero-order chi connectivity index (χ0) is 19.8. The van der Waals surface area contributed by atoms with E-state index in [1.165, 1.54) is 4.90 Å². The van der Waals surface area contributed by atoms with Gasteiger partial charge < -0.3 is 24.4 Å². The fourth-order valence-electron chi connectivity index (χ4n) is 3.34. The molecule has 0 aliphatic carbocycles. The number of carbonyl (C=O) groups excluding carboxylic acids is 1. The van der Waals surface area contributed by atoms with Crippen LogP contribution in [-0.2, 0) is 17.8 Å². The fourth-order valence-corrected chi connectivity index (χ4v) is 3.53. The molecule has 1 saturated heterocycles. The molecule has 8 heteroatoms. The predicted molar refractivity (Wildman–Crippen MR) is 109 cm³/mol. The minimum Gasteiger partial charge on any atom is -0.370 e. The van der Waals surface area contributed by atoms with E-state index in [-0.39, 0.29) is 6.03 Å². The van der Waals surface area contributed by atoms with Crippen molar-refractivity contribution in [3.63, 3.8) is 0 Å². The zero-order valence-corrected chi connectivity index (χ0v) is 17.1.